The van der Waals surface area contributed by atoms with Crippen LogP contribution in [0.25, 0.3) is 0 Å². The topological polar surface area (TPSA) is 41.1 Å². The van der Waals surface area contributed by atoms with Gasteiger partial charge in [0.25, 0.3) is 0 Å². The van der Waals surface area contributed by atoms with Crippen LogP contribution < -0.4 is 5.32 Å². The SMILES string of the molecule is CN1CCC[C@H]1c1cccnc1.c1cncc([C@@H]2CCCN2)c1. The predicted octanol–water partition coefficient (Wildman–Crippen LogP) is 3.35. The molecule has 0 unspecified atom stereocenters. The molecular formula is C19H26N4. The van der Waals surface area contributed by atoms with Crippen molar-refractivity contribution in [3.8, 4) is 0 Å². The van der Waals surface area contributed by atoms with Crippen LogP contribution in [-0.2, 0) is 0 Å². The van der Waals surface area contributed by atoms with Crippen LogP contribution >= 0.6 is 0 Å². The van der Waals surface area contributed by atoms with Gasteiger partial charge in [0.15, 0.2) is 0 Å². The van der Waals surface area contributed by atoms with Crippen molar-refractivity contribution in [2.24, 2.45) is 0 Å². The molecule has 4 rings (SSSR count). The van der Waals surface area contributed by atoms with Crippen LogP contribution in [0.5, 0.6) is 0 Å². The van der Waals surface area contributed by atoms with Crippen molar-refractivity contribution in [3.63, 3.8) is 0 Å². The Kier molecular flexibility index (Phi) is 5.72. The van der Waals surface area contributed by atoms with Crippen LogP contribution in [0.4, 0.5) is 0 Å². The second-order valence-electron chi connectivity index (χ2n) is 6.36. The fourth-order valence-corrected chi connectivity index (χ4v) is 3.46. The van der Waals surface area contributed by atoms with E-state index < -0.39 is 0 Å². The number of nitrogens with zero attached hydrogens (tertiary/aromatic N) is 3. The lowest BCUT2D eigenvalue weighted by Crippen LogP contribution is -2.17. The van der Waals surface area contributed by atoms with E-state index >= 15 is 0 Å². The maximum atomic E-state index is 4.14. The van der Waals surface area contributed by atoms with E-state index in [1.165, 1.54) is 43.4 Å². The molecule has 2 saturated heterocycles. The molecule has 23 heavy (non-hydrogen) atoms. The van der Waals surface area contributed by atoms with Gasteiger partial charge in [-0.1, -0.05) is 12.1 Å². The summed E-state index contributed by atoms with van der Waals surface area (Å²) in [6.45, 7) is 2.37. The minimum atomic E-state index is 0.559. The predicted molar refractivity (Wildman–Crippen MR) is 93.1 cm³/mol. The molecule has 2 aliphatic rings. The summed E-state index contributed by atoms with van der Waals surface area (Å²) in [7, 11) is 2.19. The summed E-state index contributed by atoms with van der Waals surface area (Å²) in [6, 6.07) is 9.48. The van der Waals surface area contributed by atoms with Gasteiger partial charge in [-0.15, -0.1) is 0 Å². The van der Waals surface area contributed by atoms with Gasteiger partial charge in [-0.3, -0.25) is 14.9 Å². The summed E-state index contributed by atoms with van der Waals surface area (Å²) in [5.74, 6) is 0. The Morgan fingerprint density at radius 2 is 1.74 bits per heavy atom. The van der Waals surface area contributed by atoms with Gasteiger partial charge in [0.1, 0.15) is 0 Å². The molecular weight excluding hydrogens is 284 g/mol. The Morgan fingerprint density at radius 3 is 2.26 bits per heavy atom. The number of aromatic nitrogens is 2. The molecule has 2 aromatic rings. The van der Waals surface area contributed by atoms with Gasteiger partial charge in [0.05, 0.1) is 0 Å². The van der Waals surface area contributed by atoms with Crippen molar-refractivity contribution >= 4 is 0 Å². The molecule has 0 aromatic carbocycles. The molecule has 0 radical (unpaired) electrons. The van der Waals surface area contributed by atoms with E-state index in [4.69, 9.17) is 0 Å². The number of likely N-dealkylation sites (tertiary alicyclic amines) is 1. The van der Waals surface area contributed by atoms with Crippen LogP contribution in [0, 0.1) is 0 Å². The lowest BCUT2D eigenvalue weighted by molar-refractivity contribution is 0.317. The second kappa shape index (κ2) is 8.18. The number of nitrogens with one attached hydrogen (secondary N) is 1. The van der Waals surface area contributed by atoms with Gasteiger partial charge in [-0.05, 0) is 69.1 Å². The highest BCUT2D eigenvalue weighted by Crippen LogP contribution is 2.29. The maximum Gasteiger partial charge on any atom is 0.0360 e. The molecule has 0 aliphatic carbocycles. The minimum Gasteiger partial charge on any atom is -0.310 e. The van der Waals surface area contributed by atoms with Gasteiger partial charge >= 0.3 is 0 Å². The van der Waals surface area contributed by atoms with Gasteiger partial charge in [0, 0.05) is 36.9 Å². The molecule has 0 saturated carbocycles. The van der Waals surface area contributed by atoms with E-state index in [1.54, 1.807) is 0 Å². The summed E-state index contributed by atoms with van der Waals surface area (Å²) in [4.78, 5) is 10.6. The van der Waals surface area contributed by atoms with E-state index in [0.717, 1.165) is 6.54 Å². The fourth-order valence-electron chi connectivity index (χ4n) is 3.46. The van der Waals surface area contributed by atoms with Crippen molar-refractivity contribution in [2.45, 2.75) is 37.8 Å². The van der Waals surface area contributed by atoms with Crippen LogP contribution in [0.15, 0.2) is 49.1 Å². The van der Waals surface area contributed by atoms with Crippen molar-refractivity contribution in [1.29, 1.82) is 0 Å². The largest absolute Gasteiger partial charge is 0.310 e. The zero-order chi connectivity index (χ0) is 15.9. The third kappa shape index (κ3) is 4.36. The van der Waals surface area contributed by atoms with Crippen molar-refractivity contribution in [3.05, 3.63) is 60.2 Å². The average Bonchev–Trinajstić information content (AvgIpc) is 3.29. The highest BCUT2D eigenvalue weighted by molar-refractivity contribution is 5.15. The summed E-state index contributed by atoms with van der Waals surface area (Å²) < 4.78 is 0. The van der Waals surface area contributed by atoms with Crippen molar-refractivity contribution in [2.75, 3.05) is 20.1 Å². The quantitative estimate of drug-likeness (QED) is 0.923. The van der Waals surface area contributed by atoms with Gasteiger partial charge in [-0.2, -0.15) is 0 Å². The first kappa shape index (κ1) is 16.1. The molecule has 0 bridgehead atoms. The third-order valence-electron chi connectivity index (χ3n) is 4.74. The standard InChI is InChI=1S/C10H14N2.C9H12N2/c1-12-7-3-5-10(12)9-4-2-6-11-8-9;1-3-8(7-10-5-1)9-4-2-6-11-9/h2,4,6,8,10H,3,5,7H2,1H3;1,3,5,7,9,11H,2,4,6H2/t10-;9-/m00/s1. The summed E-state index contributed by atoms with van der Waals surface area (Å²) >= 11 is 0. The number of pyridine rings is 2. The summed E-state index contributed by atoms with van der Waals surface area (Å²) in [5, 5.41) is 3.43. The average molecular weight is 310 g/mol. The Hall–Kier alpha value is -1.78. The first-order chi connectivity index (χ1) is 11.3. The number of rotatable bonds is 2. The molecule has 2 aromatic heterocycles. The fraction of sp³-hybridized carbons (Fsp3) is 0.474. The van der Waals surface area contributed by atoms with E-state index in [0.29, 0.717) is 12.1 Å². The Bertz CT molecular complexity index is 566. The highest BCUT2D eigenvalue weighted by Gasteiger charge is 2.22. The molecule has 0 spiro atoms. The first-order valence-electron chi connectivity index (χ1n) is 8.58. The molecule has 2 atom stereocenters. The second-order valence-corrected chi connectivity index (χ2v) is 6.36. The zero-order valence-electron chi connectivity index (χ0n) is 13.9. The molecule has 1 N–H and O–H groups in total. The van der Waals surface area contributed by atoms with Gasteiger partial charge < -0.3 is 5.32 Å². The van der Waals surface area contributed by atoms with Crippen LogP contribution in [0.1, 0.15) is 48.9 Å². The normalized spacial score (nSPS) is 24.2. The van der Waals surface area contributed by atoms with E-state index in [9.17, 15) is 0 Å². The molecule has 2 fully saturated rings. The molecule has 0 amide bonds. The zero-order valence-corrected chi connectivity index (χ0v) is 13.9. The first-order valence-corrected chi connectivity index (χ1v) is 8.58. The van der Waals surface area contributed by atoms with E-state index in [1.807, 2.05) is 36.9 Å². The summed E-state index contributed by atoms with van der Waals surface area (Å²) in [6.07, 6.45) is 12.7. The minimum absolute atomic E-state index is 0.559. The van der Waals surface area contributed by atoms with E-state index in [2.05, 4.69) is 39.4 Å². The van der Waals surface area contributed by atoms with Gasteiger partial charge in [0.2, 0.25) is 0 Å². The van der Waals surface area contributed by atoms with Crippen molar-refractivity contribution in [1.82, 2.24) is 20.2 Å². The Morgan fingerprint density at radius 1 is 1.00 bits per heavy atom. The van der Waals surface area contributed by atoms with Crippen molar-refractivity contribution < 1.29 is 0 Å². The molecule has 2 aliphatic heterocycles. The van der Waals surface area contributed by atoms with Crippen LogP contribution in [0.2, 0.25) is 0 Å². The molecule has 122 valence electrons. The maximum absolute atomic E-state index is 4.14. The lowest BCUT2D eigenvalue weighted by Gasteiger charge is -2.18. The number of hydrogen-bond donors (Lipinski definition) is 1. The number of hydrogen-bond acceptors (Lipinski definition) is 4. The third-order valence-corrected chi connectivity index (χ3v) is 4.74. The molecule has 4 heterocycles. The molecule has 4 heteroatoms. The molecule has 4 nitrogen and oxygen atoms in total. The Balaban J connectivity index is 0.000000136. The summed E-state index contributed by atoms with van der Waals surface area (Å²) in [5.41, 5.74) is 2.68. The highest BCUT2D eigenvalue weighted by atomic mass is 15.1. The monoisotopic (exact) mass is 310 g/mol. The smallest absolute Gasteiger partial charge is 0.0360 e. The van der Waals surface area contributed by atoms with Crippen LogP contribution in [0.3, 0.4) is 0 Å². The van der Waals surface area contributed by atoms with Crippen LogP contribution in [-0.4, -0.2) is 35.0 Å². The van der Waals surface area contributed by atoms with E-state index in [-0.39, 0.29) is 0 Å². The lowest BCUT2D eigenvalue weighted by atomic mass is 10.1. The Labute approximate surface area is 139 Å². The van der Waals surface area contributed by atoms with Gasteiger partial charge in [-0.25, -0.2) is 0 Å².